The molecule has 3 heterocycles. The molecule has 0 radical (unpaired) electrons. The second-order valence-corrected chi connectivity index (χ2v) is 5.46. The first-order chi connectivity index (χ1) is 10.4. The molecule has 1 saturated heterocycles. The number of fused-ring (bicyclic) bond motifs is 1. The fraction of sp³-hybridized carbons (Fsp3) is 0.312. The third-order valence-corrected chi connectivity index (χ3v) is 4.12. The van der Waals surface area contributed by atoms with Crippen molar-refractivity contribution in [2.24, 2.45) is 0 Å². The van der Waals surface area contributed by atoms with E-state index in [-0.39, 0.29) is 0 Å². The second-order valence-electron chi connectivity index (χ2n) is 5.46. The van der Waals surface area contributed by atoms with Crippen LogP contribution in [0.5, 0.6) is 0 Å². The number of hydrogen-bond acceptors (Lipinski definition) is 4. The highest BCUT2D eigenvalue weighted by atomic mass is 15.5. The Labute approximate surface area is 123 Å². The van der Waals surface area contributed by atoms with Gasteiger partial charge < -0.3 is 4.90 Å². The summed E-state index contributed by atoms with van der Waals surface area (Å²) in [7, 11) is 0. The van der Waals surface area contributed by atoms with Gasteiger partial charge in [0.15, 0.2) is 5.65 Å². The summed E-state index contributed by atoms with van der Waals surface area (Å²) in [6.07, 6.45) is 5.82. The Balaban J connectivity index is 1.68. The van der Waals surface area contributed by atoms with Crippen molar-refractivity contribution >= 4 is 11.3 Å². The van der Waals surface area contributed by atoms with Crippen LogP contribution in [0.1, 0.15) is 19.3 Å². The lowest BCUT2D eigenvalue weighted by atomic mass is 10.1. The highest BCUT2D eigenvalue weighted by molar-refractivity contribution is 5.77. The van der Waals surface area contributed by atoms with E-state index in [1.165, 1.54) is 38.0 Å². The fourth-order valence-corrected chi connectivity index (χ4v) is 3.00. The number of pyridine rings is 1. The molecule has 1 aliphatic rings. The van der Waals surface area contributed by atoms with Crippen molar-refractivity contribution in [1.29, 1.82) is 0 Å². The van der Waals surface area contributed by atoms with Crippen LogP contribution in [0.2, 0.25) is 0 Å². The van der Waals surface area contributed by atoms with Crippen molar-refractivity contribution in [2.75, 3.05) is 18.0 Å². The van der Waals surface area contributed by atoms with Gasteiger partial charge in [0.25, 0.3) is 0 Å². The van der Waals surface area contributed by atoms with Gasteiger partial charge in [-0.3, -0.25) is 0 Å². The Morgan fingerprint density at radius 3 is 2.52 bits per heavy atom. The van der Waals surface area contributed by atoms with Gasteiger partial charge in [0.1, 0.15) is 0 Å². The van der Waals surface area contributed by atoms with Gasteiger partial charge in [-0.1, -0.05) is 12.1 Å². The van der Waals surface area contributed by atoms with E-state index in [2.05, 4.69) is 50.8 Å². The Morgan fingerprint density at radius 2 is 1.71 bits per heavy atom. The predicted molar refractivity (Wildman–Crippen MR) is 82.3 cm³/mol. The van der Waals surface area contributed by atoms with Gasteiger partial charge in [-0.25, -0.2) is 4.52 Å². The Hall–Kier alpha value is -2.43. The molecular formula is C16H17N5. The molecule has 0 aliphatic carbocycles. The van der Waals surface area contributed by atoms with Crippen LogP contribution in [0.15, 0.2) is 42.6 Å². The first kappa shape index (κ1) is 12.3. The maximum Gasteiger partial charge on any atom is 0.186 e. The molecule has 0 atom stereocenters. The molecule has 106 valence electrons. The van der Waals surface area contributed by atoms with Crippen molar-refractivity contribution in [3.05, 3.63) is 42.6 Å². The second kappa shape index (κ2) is 5.16. The average Bonchev–Trinajstić information content (AvgIpc) is 3.04. The molecule has 4 rings (SSSR count). The van der Waals surface area contributed by atoms with Crippen LogP contribution in [0, 0.1) is 0 Å². The minimum absolute atomic E-state index is 0.795. The van der Waals surface area contributed by atoms with Crippen LogP contribution < -0.4 is 4.90 Å². The van der Waals surface area contributed by atoms with Gasteiger partial charge in [-0.15, -0.1) is 5.10 Å². The Kier molecular flexibility index (Phi) is 3.03. The summed E-state index contributed by atoms with van der Waals surface area (Å²) in [4.78, 5) is 2.46. The molecule has 3 aromatic rings. The largest absolute Gasteiger partial charge is 0.372 e. The van der Waals surface area contributed by atoms with E-state index < -0.39 is 0 Å². The van der Waals surface area contributed by atoms with E-state index in [4.69, 9.17) is 0 Å². The minimum atomic E-state index is 0.795. The van der Waals surface area contributed by atoms with E-state index in [9.17, 15) is 0 Å². The van der Waals surface area contributed by atoms with Gasteiger partial charge in [0, 0.05) is 30.5 Å². The topological polar surface area (TPSA) is 46.3 Å². The molecule has 5 nitrogen and oxygen atoms in total. The lowest BCUT2D eigenvalue weighted by molar-refractivity contribution is 0.578. The molecule has 2 aromatic heterocycles. The summed E-state index contributed by atoms with van der Waals surface area (Å²) in [6, 6.07) is 12.8. The lowest BCUT2D eigenvalue weighted by Gasteiger charge is -2.28. The van der Waals surface area contributed by atoms with E-state index in [1.54, 1.807) is 4.52 Å². The number of rotatable bonds is 2. The van der Waals surface area contributed by atoms with Gasteiger partial charge >= 0.3 is 0 Å². The summed E-state index contributed by atoms with van der Waals surface area (Å²) in [5.74, 6) is 0. The van der Waals surface area contributed by atoms with E-state index in [0.29, 0.717) is 0 Å². The molecule has 1 aromatic carbocycles. The molecule has 0 bridgehead atoms. The number of hydrogen-bond donors (Lipinski definition) is 0. The van der Waals surface area contributed by atoms with Crippen LogP contribution in [0.25, 0.3) is 16.8 Å². The molecule has 0 amide bonds. The average molecular weight is 279 g/mol. The van der Waals surface area contributed by atoms with Crippen molar-refractivity contribution in [3.8, 4) is 11.1 Å². The Bertz CT molecular complexity index is 741. The van der Waals surface area contributed by atoms with Crippen LogP contribution in [-0.2, 0) is 0 Å². The van der Waals surface area contributed by atoms with Gasteiger partial charge in [0.05, 0.1) is 0 Å². The predicted octanol–water partition coefficient (Wildman–Crippen LogP) is 2.78. The van der Waals surface area contributed by atoms with Crippen LogP contribution in [-0.4, -0.2) is 33.1 Å². The van der Waals surface area contributed by atoms with Crippen molar-refractivity contribution < 1.29 is 0 Å². The normalized spacial score (nSPS) is 15.5. The smallest absolute Gasteiger partial charge is 0.186 e. The summed E-state index contributed by atoms with van der Waals surface area (Å²) in [5.41, 5.74) is 4.32. The van der Waals surface area contributed by atoms with Crippen LogP contribution in [0.3, 0.4) is 0 Å². The van der Waals surface area contributed by atoms with E-state index >= 15 is 0 Å². The molecule has 1 aliphatic heterocycles. The quantitative estimate of drug-likeness (QED) is 0.723. The molecule has 0 spiro atoms. The zero-order valence-electron chi connectivity index (χ0n) is 11.8. The fourth-order valence-electron chi connectivity index (χ4n) is 3.00. The molecule has 5 heteroatoms. The molecule has 0 N–H and O–H groups in total. The summed E-state index contributed by atoms with van der Waals surface area (Å²) >= 11 is 0. The SMILES string of the molecule is c1cc(-c2ccc(N3CCCCC3)cc2)c2nnnn2c1. The number of piperidine rings is 1. The number of anilines is 1. The van der Waals surface area contributed by atoms with E-state index in [0.717, 1.165) is 16.8 Å². The standard InChI is InChI=1S/C16H17N5/c1-2-10-20(11-3-1)14-8-6-13(7-9-14)15-5-4-12-21-16(15)17-18-19-21/h4-9,12H,1-3,10-11H2. The Morgan fingerprint density at radius 1 is 0.905 bits per heavy atom. The first-order valence-electron chi connectivity index (χ1n) is 7.44. The zero-order chi connectivity index (χ0) is 14.1. The first-order valence-corrected chi connectivity index (χ1v) is 7.44. The maximum absolute atomic E-state index is 4.10. The molecular weight excluding hydrogens is 262 g/mol. The van der Waals surface area contributed by atoms with E-state index in [1.807, 2.05) is 12.3 Å². The summed E-state index contributed by atoms with van der Waals surface area (Å²) in [6.45, 7) is 2.34. The lowest BCUT2D eigenvalue weighted by Crippen LogP contribution is -2.29. The van der Waals surface area contributed by atoms with Gasteiger partial charge in [0.2, 0.25) is 0 Å². The number of tetrazole rings is 1. The maximum atomic E-state index is 4.10. The van der Waals surface area contributed by atoms with Crippen molar-refractivity contribution in [3.63, 3.8) is 0 Å². The highest BCUT2D eigenvalue weighted by Gasteiger charge is 2.11. The monoisotopic (exact) mass is 279 g/mol. The third-order valence-electron chi connectivity index (χ3n) is 4.12. The number of nitrogens with zero attached hydrogens (tertiary/aromatic N) is 5. The molecule has 0 saturated carbocycles. The van der Waals surface area contributed by atoms with Crippen molar-refractivity contribution in [1.82, 2.24) is 20.0 Å². The van der Waals surface area contributed by atoms with Crippen LogP contribution >= 0.6 is 0 Å². The van der Waals surface area contributed by atoms with Crippen LogP contribution in [0.4, 0.5) is 5.69 Å². The number of aromatic nitrogens is 4. The summed E-state index contributed by atoms with van der Waals surface area (Å²) < 4.78 is 1.70. The van der Waals surface area contributed by atoms with Gasteiger partial charge in [-0.05, 0) is 59.5 Å². The molecule has 21 heavy (non-hydrogen) atoms. The zero-order valence-corrected chi connectivity index (χ0v) is 11.8. The minimum Gasteiger partial charge on any atom is -0.372 e. The highest BCUT2D eigenvalue weighted by Crippen LogP contribution is 2.26. The number of benzene rings is 1. The van der Waals surface area contributed by atoms with Gasteiger partial charge in [-0.2, -0.15) is 0 Å². The third kappa shape index (κ3) is 2.24. The molecule has 1 fully saturated rings. The van der Waals surface area contributed by atoms with Crippen molar-refractivity contribution in [2.45, 2.75) is 19.3 Å². The molecule has 0 unspecified atom stereocenters. The summed E-state index contributed by atoms with van der Waals surface area (Å²) in [5, 5.41) is 11.8.